The first kappa shape index (κ1) is 18.3. The fourth-order valence-electron chi connectivity index (χ4n) is 2.94. The van der Waals surface area contributed by atoms with Crippen LogP contribution in [0.3, 0.4) is 0 Å². The number of carbonyl (C=O) groups is 2. The van der Waals surface area contributed by atoms with E-state index in [9.17, 15) is 22.8 Å². The molecule has 1 aliphatic heterocycles. The molecule has 0 spiro atoms. The summed E-state index contributed by atoms with van der Waals surface area (Å²) >= 11 is 0. The maximum atomic E-state index is 12.9. The topological polar surface area (TPSA) is 49.4 Å². The number of carbonyl (C=O) groups excluding carboxylic acids is 2. The minimum atomic E-state index is -4.39. The molecule has 0 unspecified atom stereocenters. The van der Waals surface area contributed by atoms with Crippen molar-refractivity contribution >= 4 is 11.8 Å². The predicted molar refractivity (Wildman–Crippen MR) is 83.1 cm³/mol. The van der Waals surface area contributed by atoms with Crippen molar-refractivity contribution in [2.75, 3.05) is 19.6 Å². The molecule has 1 heterocycles. The summed E-state index contributed by atoms with van der Waals surface area (Å²) in [5.41, 5.74) is -0.481. The zero-order valence-electron chi connectivity index (χ0n) is 13.5. The molecule has 1 aliphatic rings. The van der Waals surface area contributed by atoms with Crippen LogP contribution in [0.4, 0.5) is 13.2 Å². The predicted octanol–water partition coefficient (Wildman–Crippen LogP) is 2.62. The minimum Gasteiger partial charge on any atom is -0.356 e. The monoisotopic (exact) mass is 342 g/mol. The van der Waals surface area contributed by atoms with Gasteiger partial charge in [0.05, 0.1) is 5.56 Å². The van der Waals surface area contributed by atoms with Gasteiger partial charge in [0.2, 0.25) is 11.8 Å². The van der Waals surface area contributed by atoms with Crippen LogP contribution in [-0.2, 0) is 22.2 Å². The molecule has 4 nitrogen and oxygen atoms in total. The molecule has 1 fully saturated rings. The standard InChI is InChI=1S/C17H21F3N2O2/c1-12(23)22-10-7-14(8-11-22)16(24)21-9-6-13-4-2-3-5-15(13)17(18,19)20/h2-5,14H,6-11H2,1H3,(H,21,24). The number of hydrogen-bond acceptors (Lipinski definition) is 2. The Kier molecular flexibility index (Phi) is 5.85. The van der Waals surface area contributed by atoms with E-state index in [4.69, 9.17) is 0 Å². The summed E-state index contributed by atoms with van der Waals surface area (Å²) in [6.07, 6.45) is -3.08. The second-order valence-electron chi connectivity index (χ2n) is 5.98. The molecule has 1 aromatic rings. The Balaban J connectivity index is 1.83. The molecule has 0 aromatic heterocycles. The molecule has 1 aromatic carbocycles. The van der Waals surface area contributed by atoms with Crippen LogP contribution >= 0.6 is 0 Å². The van der Waals surface area contributed by atoms with Gasteiger partial charge in [0.1, 0.15) is 0 Å². The van der Waals surface area contributed by atoms with Crippen molar-refractivity contribution < 1.29 is 22.8 Å². The third-order valence-electron chi connectivity index (χ3n) is 4.33. The quantitative estimate of drug-likeness (QED) is 0.914. The van der Waals surface area contributed by atoms with Gasteiger partial charge in [-0.25, -0.2) is 0 Å². The fourth-order valence-corrected chi connectivity index (χ4v) is 2.94. The molecule has 2 rings (SSSR count). The third kappa shape index (κ3) is 4.72. The van der Waals surface area contributed by atoms with Crippen LogP contribution in [0.1, 0.15) is 30.9 Å². The first-order valence-electron chi connectivity index (χ1n) is 7.97. The van der Waals surface area contributed by atoms with Crippen molar-refractivity contribution in [1.29, 1.82) is 0 Å². The Labute approximate surface area is 139 Å². The van der Waals surface area contributed by atoms with Gasteiger partial charge in [0.25, 0.3) is 0 Å². The van der Waals surface area contributed by atoms with Crippen molar-refractivity contribution in [3.8, 4) is 0 Å². The van der Waals surface area contributed by atoms with Crippen molar-refractivity contribution in [2.24, 2.45) is 5.92 Å². The molecule has 0 saturated carbocycles. The van der Waals surface area contributed by atoms with Gasteiger partial charge in [-0.3, -0.25) is 9.59 Å². The van der Waals surface area contributed by atoms with Crippen molar-refractivity contribution in [1.82, 2.24) is 10.2 Å². The van der Waals surface area contributed by atoms with Gasteiger partial charge < -0.3 is 10.2 Å². The first-order valence-corrected chi connectivity index (χ1v) is 7.97. The van der Waals surface area contributed by atoms with E-state index >= 15 is 0 Å². The molecule has 24 heavy (non-hydrogen) atoms. The Morgan fingerprint density at radius 1 is 1.21 bits per heavy atom. The van der Waals surface area contributed by atoms with Crippen LogP contribution in [0, 0.1) is 5.92 Å². The highest BCUT2D eigenvalue weighted by atomic mass is 19.4. The smallest absolute Gasteiger partial charge is 0.356 e. The fraction of sp³-hybridized carbons (Fsp3) is 0.529. The van der Waals surface area contributed by atoms with Crippen LogP contribution in [0.15, 0.2) is 24.3 Å². The van der Waals surface area contributed by atoms with Crippen molar-refractivity contribution in [3.63, 3.8) is 0 Å². The van der Waals surface area contributed by atoms with E-state index in [1.807, 2.05) is 0 Å². The van der Waals surface area contributed by atoms with Crippen LogP contribution in [0.2, 0.25) is 0 Å². The first-order chi connectivity index (χ1) is 11.3. The number of nitrogens with zero attached hydrogens (tertiary/aromatic N) is 1. The maximum absolute atomic E-state index is 12.9. The largest absolute Gasteiger partial charge is 0.416 e. The molecule has 0 radical (unpaired) electrons. The lowest BCUT2D eigenvalue weighted by atomic mass is 9.95. The Bertz CT molecular complexity index is 594. The minimum absolute atomic E-state index is 0.00221. The van der Waals surface area contributed by atoms with Crippen LogP contribution in [-0.4, -0.2) is 36.3 Å². The molecule has 1 N–H and O–H groups in total. The van der Waals surface area contributed by atoms with E-state index < -0.39 is 11.7 Å². The summed E-state index contributed by atoms with van der Waals surface area (Å²) in [6.45, 7) is 2.76. The van der Waals surface area contributed by atoms with E-state index in [0.717, 1.165) is 6.07 Å². The number of rotatable bonds is 4. The van der Waals surface area contributed by atoms with E-state index in [2.05, 4.69) is 5.32 Å². The van der Waals surface area contributed by atoms with Crippen molar-refractivity contribution in [2.45, 2.75) is 32.4 Å². The molecule has 1 saturated heterocycles. The van der Waals surface area contributed by atoms with Crippen LogP contribution < -0.4 is 5.32 Å². The van der Waals surface area contributed by atoms with Gasteiger partial charge in [0, 0.05) is 32.5 Å². The SMILES string of the molecule is CC(=O)N1CCC(C(=O)NCCc2ccccc2C(F)(F)F)CC1. The summed E-state index contributed by atoms with van der Waals surface area (Å²) in [4.78, 5) is 25.1. The molecule has 2 amide bonds. The van der Waals surface area contributed by atoms with Gasteiger partial charge in [-0.2, -0.15) is 13.2 Å². The highest BCUT2D eigenvalue weighted by Crippen LogP contribution is 2.31. The number of likely N-dealkylation sites (tertiary alicyclic amines) is 1. The molecule has 0 aliphatic carbocycles. The van der Waals surface area contributed by atoms with E-state index in [1.165, 1.54) is 19.1 Å². The van der Waals surface area contributed by atoms with Gasteiger partial charge in [0.15, 0.2) is 0 Å². The second-order valence-corrected chi connectivity index (χ2v) is 5.98. The summed E-state index contributed by atoms with van der Waals surface area (Å²) in [5.74, 6) is -0.334. The lowest BCUT2D eigenvalue weighted by Crippen LogP contribution is -2.42. The van der Waals surface area contributed by atoms with Crippen LogP contribution in [0.5, 0.6) is 0 Å². The molecule has 7 heteroatoms. The summed E-state index contributed by atoms with van der Waals surface area (Å²) in [6, 6.07) is 5.40. The Morgan fingerprint density at radius 3 is 2.42 bits per heavy atom. The molecule has 0 bridgehead atoms. The zero-order chi connectivity index (χ0) is 17.7. The zero-order valence-corrected chi connectivity index (χ0v) is 13.5. The number of alkyl halides is 3. The van der Waals surface area contributed by atoms with E-state index in [-0.39, 0.29) is 36.3 Å². The highest BCUT2D eigenvalue weighted by Gasteiger charge is 2.32. The van der Waals surface area contributed by atoms with E-state index in [0.29, 0.717) is 25.9 Å². The second kappa shape index (κ2) is 7.68. The number of hydrogen-bond donors (Lipinski definition) is 1. The molecule has 0 atom stereocenters. The lowest BCUT2D eigenvalue weighted by molar-refractivity contribution is -0.138. The summed E-state index contributed by atoms with van der Waals surface area (Å²) < 4.78 is 38.7. The third-order valence-corrected chi connectivity index (χ3v) is 4.33. The number of piperidine rings is 1. The molecular weight excluding hydrogens is 321 g/mol. The average Bonchev–Trinajstić information content (AvgIpc) is 2.54. The number of amides is 2. The van der Waals surface area contributed by atoms with Gasteiger partial charge in [-0.05, 0) is 30.9 Å². The Hall–Kier alpha value is -2.05. The summed E-state index contributed by atoms with van der Waals surface area (Å²) in [5, 5.41) is 2.71. The maximum Gasteiger partial charge on any atom is 0.416 e. The van der Waals surface area contributed by atoms with Gasteiger partial charge >= 0.3 is 6.18 Å². The molecular formula is C17H21F3N2O2. The normalized spacial score (nSPS) is 16.1. The van der Waals surface area contributed by atoms with Gasteiger partial charge in [-0.15, -0.1) is 0 Å². The van der Waals surface area contributed by atoms with Gasteiger partial charge in [-0.1, -0.05) is 18.2 Å². The summed E-state index contributed by atoms with van der Waals surface area (Å²) in [7, 11) is 0. The lowest BCUT2D eigenvalue weighted by Gasteiger charge is -2.30. The van der Waals surface area contributed by atoms with Crippen LogP contribution in [0.25, 0.3) is 0 Å². The van der Waals surface area contributed by atoms with E-state index in [1.54, 1.807) is 11.0 Å². The number of benzene rings is 1. The molecule has 132 valence electrons. The van der Waals surface area contributed by atoms with Crippen molar-refractivity contribution in [3.05, 3.63) is 35.4 Å². The average molecular weight is 342 g/mol. The number of nitrogens with one attached hydrogen (secondary N) is 1. The number of halogens is 3. The Morgan fingerprint density at radius 2 is 1.83 bits per heavy atom. The highest BCUT2D eigenvalue weighted by molar-refractivity contribution is 5.79.